The number of carbonyl (C=O) groups is 1. The third-order valence-electron chi connectivity index (χ3n) is 8.05. The summed E-state index contributed by atoms with van der Waals surface area (Å²) in [5.41, 5.74) is 12.5. The van der Waals surface area contributed by atoms with E-state index in [4.69, 9.17) is 5.73 Å². The van der Waals surface area contributed by atoms with Crippen molar-refractivity contribution in [2.24, 2.45) is 11.7 Å². The maximum atomic E-state index is 11.4. The third-order valence-corrected chi connectivity index (χ3v) is 8.05. The molecule has 3 heterocycles. The summed E-state index contributed by atoms with van der Waals surface area (Å²) in [5.74, 6) is 0.884. The molecule has 2 atom stereocenters. The molecule has 0 bridgehead atoms. The molecule has 2 N–H and O–H groups in total. The van der Waals surface area contributed by atoms with Crippen molar-refractivity contribution in [1.82, 2.24) is 24.6 Å². The second-order valence-electron chi connectivity index (χ2n) is 10.8. The van der Waals surface area contributed by atoms with Crippen LogP contribution in [0.15, 0.2) is 72.8 Å². The molecule has 2 aliphatic heterocycles. The molecular weight excluding hydrogens is 472 g/mol. The largest absolute Gasteiger partial charge is 0.363 e. The Kier molecular flexibility index (Phi) is 6.55. The predicted octanol–water partition coefficient (Wildman–Crippen LogP) is 4.07. The Labute approximate surface area is 223 Å². The van der Waals surface area contributed by atoms with Gasteiger partial charge < -0.3 is 10.6 Å². The van der Waals surface area contributed by atoms with Crippen LogP contribution in [0.25, 0.3) is 16.8 Å². The molecule has 2 saturated heterocycles. The zero-order valence-electron chi connectivity index (χ0n) is 22.0. The molecular formula is C31H34N6O. The molecule has 0 spiro atoms. The second-order valence-corrected chi connectivity index (χ2v) is 10.8. The molecule has 0 saturated carbocycles. The van der Waals surface area contributed by atoms with Crippen molar-refractivity contribution >= 4 is 5.91 Å². The molecule has 38 heavy (non-hydrogen) atoms. The van der Waals surface area contributed by atoms with Gasteiger partial charge in [0.1, 0.15) is 5.82 Å². The van der Waals surface area contributed by atoms with Crippen LogP contribution >= 0.6 is 0 Å². The molecule has 2 aliphatic rings. The standard InChI is InChI=1S/C31H34N6O/c1-21-33-31(30(32)38)34-37(21)28-13-7-23(8-14-28)17-22-3-9-25(10-4-22)26-11-5-24(6-12-26)18-36-16-15-27-19-35(2)20-29(27)36/h3-14,27,29H,15-20H2,1-2H3,(H2,32,38)/t27-,29+/m1/s1. The third kappa shape index (κ3) is 4.99. The van der Waals surface area contributed by atoms with Gasteiger partial charge in [0.15, 0.2) is 0 Å². The summed E-state index contributed by atoms with van der Waals surface area (Å²) in [5, 5.41) is 4.20. The van der Waals surface area contributed by atoms with E-state index in [0.29, 0.717) is 5.82 Å². The minimum absolute atomic E-state index is 0.0307. The van der Waals surface area contributed by atoms with Crippen molar-refractivity contribution in [3.8, 4) is 16.8 Å². The summed E-state index contributed by atoms with van der Waals surface area (Å²) in [7, 11) is 2.25. The van der Waals surface area contributed by atoms with E-state index in [2.05, 4.69) is 87.6 Å². The SMILES string of the molecule is Cc1nc(C(N)=O)nn1-c1ccc(Cc2ccc(-c3ccc(CN4CC[C@@H]5CN(C)C[C@@H]54)cc3)cc2)cc1. The lowest BCUT2D eigenvalue weighted by Gasteiger charge is -2.24. The number of amides is 1. The highest BCUT2D eigenvalue weighted by Crippen LogP contribution is 2.32. The van der Waals surface area contributed by atoms with Gasteiger partial charge in [0.25, 0.3) is 5.91 Å². The van der Waals surface area contributed by atoms with Crippen LogP contribution in [-0.2, 0) is 13.0 Å². The minimum Gasteiger partial charge on any atom is -0.363 e. The highest BCUT2D eigenvalue weighted by Gasteiger charge is 2.39. The van der Waals surface area contributed by atoms with Crippen LogP contribution in [0, 0.1) is 12.8 Å². The monoisotopic (exact) mass is 506 g/mol. The van der Waals surface area contributed by atoms with Gasteiger partial charge in [0, 0.05) is 25.7 Å². The molecule has 0 unspecified atom stereocenters. The van der Waals surface area contributed by atoms with E-state index in [1.807, 2.05) is 12.1 Å². The molecule has 194 valence electrons. The maximum absolute atomic E-state index is 11.4. The Balaban J connectivity index is 1.08. The number of nitrogens with two attached hydrogens (primary N) is 1. The van der Waals surface area contributed by atoms with Gasteiger partial charge in [-0.25, -0.2) is 9.67 Å². The summed E-state index contributed by atoms with van der Waals surface area (Å²) in [6.07, 6.45) is 2.18. The number of carbonyl (C=O) groups excluding carboxylic acids is 1. The minimum atomic E-state index is -0.625. The van der Waals surface area contributed by atoms with E-state index in [9.17, 15) is 4.79 Å². The lowest BCUT2D eigenvalue weighted by atomic mass is 9.99. The number of fused-ring (bicyclic) bond motifs is 1. The zero-order chi connectivity index (χ0) is 26.2. The van der Waals surface area contributed by atoms with Gasteiger partial charge in [0.2, 0.25) is 5.82 Å². The van der Waals surface area contributed by atoms with Crippen LogP contribution in [0.4, 0.5) is 0 Å². The Hall–Kier alpha value is -3.81. The van der Waals surface area contributed by atoms with Gasteiger partial charge in [-0.3, -0.25) is 9.69 Å². The van der Waals surface area contributed by atoms with Crippen LogP contribution in [0.5, 0.6) is 0 Å². The first-order valence-corrected chi connectivity index (χ1v) is 13.4. The smallest absolute Gasteiger partial charge is 0.288 e. The number of hydrogen-bond acceptors (Lipinski definition) is 5. The van der Waals surface area contributed by atoms with Gasteiger partial charge in [-0.15, -0.1) is 5.10 Å². The summed E-state index contributed by atoms with van der Waals surface area (Å²) in [6.45, 7) is 6.54. The second kappa shape index (κ2) is 10.2. The molecule has 3 aromatic carbocycles. The zero-order valence-corrected chi connectivity index (χ0v) is 22.0. The van der Waals surface area contributed by atoms with Crippen LogP contribution in [0.3, 0.4) is 0 Å². The topological polar surface area (TPSA) is 80.3 Å². The fourth-order valence-electron chi connectivity index (χ4n) is 6.04. The number of aryl methyl sites for hydroxylation is 1. The van der Waals surface area contributed by atoms with E-state index in [-0.39, 0.29) is 5.82 Å². The van der Waals surface area contributed by atoms with Crippen LogP contribution in [0.2, 0.25) is 0 Å². The summed E-state index contributed by atoms with van der Waals surface area (Å²) in [4.78, 5) is 20.6. The van der Waals surface area contributed by atoms with Gasteiger partial charge in [-0.1, -0.05) is 60.7 Å². The predicted molar refractivity (Wildman–Crippen MR) is 149 cm³/mol. The van der Waals surface area contributed by atoms with Crippen LogP contribution in [0.1, 0.15) is 39.6 Å². The lowest BCUT2D eigenvalue weighted by molar-refractivity contribution is 0.0990. The number of aromatic nitrogens is 3. The van der Waals surface area contributed by atoms with E-state index >= 15 is 0 Å². The number of nitrogens with zero attached hydrogens (tertiary/aromatic N) is 5. The van der Waals surface area contributed by atoms with E-state index < -0.39 is 5.91 Å². The number of likely N-dealkylation sites (N-methyl/N-ethyl adjacent to an activating group) is 1. The van der Waals surface area contributed by atoms with Gasteiger partial charge in [-0.05, 0) is 79.2 Å². The molecule has 7 heteroatoms. The maximum Gasteiger partial charge on any atom is 0.288 e. The van der Waals surface area contributed by atoms with Crippen molar-refractivity contribution in [3.63, 3.8) is 0 Å². The molecule has 0 aliphatic carbocycles. The average molecular weight is 507 g/mol. The highest BCUT2D eigenvalue weighted by molar-refractivity contribution is 5.88. The first-order chi connectivity index (χ1) is 18.4. The first kappa shape index (κ1) is 24.5. The molecule has 4 aromatic rings. The summed E-state index contributed by atoms with van der Waals surface area (Å²) in [6, 6.07) is 26.8. The van der Waals surface area contributed by atoms with Crippen LogP contribution < -0.4 is 5.73 Å². The average Bonchev–Trinajstić information content (AvgIpc) is 3.60. The number of hydrogen-bond donors (Lipinski definition) is 1. The number of benzene rings is 3. The summed E-state index contributed by atoms with van der Waals surface area (Å²) >= 11 is 0. The van der Waals surface area contributed by atoms with Crippen molar-refractivity contribution in [3.05, 3.63) is 101 Å². The first-order valence-electron chi connectivity index (χ1n) is 13.4. The van der Waals surface area contributed by atoms with Crippen LogP contribution in [-0.4, -0.2) is 63.2 Å². The van der Waals surface area contributed by atoms with Crippen molar-refractivity contribution in [2.75, 3.05) is 26.7 Å². The van der Waals surface area contributed by atoms with E-state index in [1.54, 1.807) is 11.6 Å². The lowest BCUT2D eigenvalue weighted by Crippen LogP contribution is -2.33. The number of likely N-dealkylation sites (tertiary alicyclic amines) is 2. The van der Waals surface area contributed by atoms with Gasteiger partial charge >= 0.3 is 0 Å². The fourth-order valence-corrected chi connectivity index (χ4v) is 6.04. The summed E-state index contributed by atoms with van der Waals surface area (Å²) < 4.78 is 1.64. The molecule has 1 aromatic heterocycles. The molecule has 7 nitrogen and oxygen atoms in total. The van der Waals surface area contributed by atoms with E-state index in [0.717, 1.165) is 30.6 Å². The number of rotatable bonds is 7. The molecule has 1 amide bonds. The van der Waals surface area contributed by atoms with Crippen molar-refractivity contribution in [1.29, 1.82) is 0 Å². The van der Waals surface area contributed by atoms with Crippen molar-refractivity contribution < 1.29 is 4.79 Å². The van der Waals surface area contributed by atoms with Gasteiger partial charge in [-0.2, -0.15) is 0 Å². The highest BCUT2D eigenvalue weighted by atomic mass is 16.1. The number of primary amides is 1. The normalized spacial score (nSPS) is 19.6. The Morgan fingerprint density at radius 2 is 1.50 bits per heavy atom. The Morgan fingerprint density at radius 1 is 0.895 bits per heavy atom. The quantitative estimate of drug-likeness (QED) is 0.409. The Morgan fingerprint density at radius 3 is 2.11 bits per heavy atom. The molecule has 6 rings (SSSR count). The van der Waals surface area contributed by atoms with E-state index in [1.165, 1.54) is 53.9 Å². The van der Waals surface area contributed by atoms with Crippen molar-refractivity contribution in [2.45, 2.75) is 32.4 Å². The molecule has 2 fully saturated rings. The fraction of sp³-hybridized carbons (Fsp3) is 0.323. The molecule has 0 radical (unpaired) electrons. The van der Waals surface area contributed by atoms with Gasteiger partial charge in [0.05, 0.1) is 5.69 Å². The Bertz CT molecular complexity index is 1420.